The average Bonchev–Trinajstić information content (AvgIpc) is 2.64. The zero-order valence-corrected chi connectivity index (χ0v) is 13.3. The van der Waals surface area contributed by atoms with Gasteiger partial charge in [0, 0.05) is 11.9 Å². The Bertz CT molecular complexity index is 839. The lowest BCUT2D eigenvalue weighted by Gasteiger charge is -2.11. The van der Waals surface area contributed by atoms with Crippen molar-refractivity contribution in [3.63, 3.8) is 0 Å². The van der Waals surface area contributed by atoms with Crippen molar-refractivity contribution in [2.75, 3.05) is 5.75 Å². The van der Waals surface area contributed by atoms with Crippen molar-refractivity contribution in [2.45, 2.75) is 24.9 Å². The minimum absolute atomic E-state index is 0.106. The summed E-state index contributed by atoms with van der Waals surface area (Å²) >= 11 is 0. The Balaban J connectivity index is 2.59. The van der Waals surface area contributed by atoms with E-state index in [0.29, 0.717) is 5.82 Å². The maximum Gasteiger partial charge on any atom is 0.400 e. The standard InChI is InChI=1S/C13H13F4N3O2S/c1-7-4-9(14)10(20-12(21)19(3)8(2)18-20)5-11(7)23(22)6-13(15,16)17/h4-5H,6H2,1-3H3. The lowest BCUT2D eigenvalue weighted by Crippen LogP contribution is -2.23. The maximum absolute atomic E-state index is 14.1. The molecule has 10 heteroatoms. The minimum atomic E-state index is -4.62. The zero-order valence-electron chi connectivity index (χ0n) is 12.4. The highest BCUT2D eigenvalue weighted by atomic mass is 32.2. The SMILES string of the molecule is Cc1cc(F)c(-n2nc(C)n(C)c2=O)cc1S(=O)CC(F)(F)F. The monoisotopic (exact) mass is 351 g/mol. The molecule has 5 nitrogen and oxygen atoms in total. The van der Waals surface area contributed by atoms with Gasteiger partial charge in [0.1, 0.15) is 23.1 Å². The van der Waals surface area contributed by atoms with Crippen LogP contribution in [0.3, 0.4) is 0 Å². The summed E-state index contributed by atoms with van der Waals surface area (Å²) in [4.78, 5) is 11.8. The summed E-state index contributed by atoms with van der Waals surface area (Å²) in [6, 6.07) is 1.91. The van der Waals surface area contributed by atoms with Gasteiger partial charge in [-0.15, -0.1) is 0 Å². The fourth-order valence-corrected chi connectivity index (χ4v) is 3.08. The maximum atomic E-state index is 14.1. The van der Waals surface area contributed by atoms with Crippen LogP contribution in [0.15, 0.2) is 21.8 Å². The van der Waals surface area contributed by atoms with E-state index in [1.54, 1.807) is 0 Å². The summed E-state index contributed by atoms with van der Waals surface area (Å²) < 4.78 is 65.1. The number of hydrogen-bond acceptors (Lipinski definition) is 3. The quantitative estimate of drug-likeness (QED) is 0.795. The van der Waals surface area contributed by atoms with E-state index in [9.17, 15) is 26.6 Å². The van der Waals surface area contributed by atoms with E-state index in [1.807, 2.05) is 0 Å². The Morgan fingerprint density at radius 1 is 1.26 bits per heavy atom. The van der Waals surface area contributed by atoms with Gasteiger partial charge in [-0.1, -0.05) is 0 Å². The Labute approximate surface area is 131 Å². The highest BCUT2D eigenvalue weighted by Gasteiger charge is 2.32. The zero-order chi connectivity index (χ0) is 17.5. The summed E-state index contributed by atoms with van der Waals surface area (Å²) in [6.07, 6.45) is -4.62. The summed E-state index contributed by atoms with van der Waals surface area (Å²) in [7, 11) is -0.977. The van der Waals surface area contributed by atoms with E-state index in [0.717, 1.165) is 21.4 Å². The molecule has 1 unspecified atom stereocenters. The van der Waals surface area contributed by atoms with E-state index in [2.05, 4.69) is 5.10 Å². The second-order valence-corrected chi connectivity index (χ2v) is 6.39. The van der Waals surface area contributed by atoms with Crippen LogP contribution in [0, 0.1) is 19.7 Å². The number of benzene rings is 1. The van der Waals surface area contributed by atoms with Gasteiger partial charge in [0.05, 0.1) is 10.8 Å². The number of aromatic nitrogens is 3. The van der Waals surface area contributed by atoms with Crippen molar-refractivity contribution in [3.05, 3.63) is 39.8 Å². The Hall–Kier alpha value is -1.97. The molecular formula is C13H13F4N3O2S. The Morgan fingerprint density at radius 2 is 1.87 bits per heavy atom. The van der Waals surface area contributed by atoms with Crippen LogP contribution in [0.1, 0.15) is 11.4 Å². The van der Waals surface area contributed by atoms with Gasteiger partial charge in [-0.3, -0.25) is 8.78 Å². The molecule has 0 N–H and O–H groups in total. The molecule has 1 heterocycles. The molecule has 1 aromatic heterocycles. The third-order valence-electron chi connectivity index (χ3n) is 3.21. The van der Waals surface area contributed by atoms with Gasteiger partial charge >= 0.3 is 11.9 Å². The molecule has 0 amide bonds. The van der Waals surface area contributed by atoms with Crippen LogP contribution in [0.2, 0.25) is 0 Å². The highest BCUT2D eigenvalue weighted by Crippen LogP contribution is 2.25. The predicted molar refractivity (Wildman–Crippen MR) is 75.6 cm³/mol. The number of rotatable bonds is 3. The van der Waals surface area contributed by atoms with Gasteiger partial charge in [0.2, 0.25) is 0 Å². The molecule has 0 aliphatic carbocycles. The molecule has 0 saturated carbocycles. The third kappa shape index (κ3) is 3.52. The van der Waals surface area contributed by atoms with E-state index < -0.39 is 34.2 Å². The predicted octanol–water partition coefficient (Wildman–Crippen LogP) is 2.00. The fraction of sp³-hybridized carbons (Fsp3) is 0.385. The number of aryl methyl sites for hydroxylation is 2. The van der Waals surface area contributed by atoms with Gasteiger partial charge in [-0.05, 0) is 31.5 Å². The van der Waals surface area contributed by atoms with Crippen molar-refractivity contribution in [1.82, 2.24) is 14.3 Å². The number of hydrogen-bond donors (Lipinski definition) is 0. The van der Waals surface area contributed by atoms with Crippen LogP contribution in [0.4, 0.5) is 17.6 Å². The molecule has 0 bridgehead atoms. The van der Waals surface area contributed by atoms with Gasteiger partial charge in [0.15, 0.2) is 0 Å². The molecule has 0 spiro atoms. The highest BCUT2D eigenvalue weighted by molar-refractivity contribution is 7.85. The molecule has 0 aliphatic heterocycles. The third-order valence-corrected chi connectivity index (χ3v) is 4.73. The Kier molecular flexibility index (Phi) is 4.47. The lowest BCUT2D eigenvalue weighted by molar-refractivity contribution is -0.105. The first kappa shape index (κ1) is 17.4. The second-order valence-electron chi connectivity index (χ2n) is 4.97. The van der Waals surface area contributed by atoms with E-state index >= 15 is 0 Å². The first-order chi connectivity index (χ1) is 10.5. The molecule has 0 radical (unpaired) electrons. The van der Waals surface area contributed by atoms with Crippen LogP contribution < -0.4 is 5.69 Å². The smallest absolute Gasteiger partial charge is 0.282 e. The summed E-state index contributed by atoms with van der Waals surface area (Å²) in [5.41, 5.74) is -0.887. The van der Waals surface area contributed by atoms with Gasteiger partial charge in [0.25, 0.3) is 0 Å². The molecule has 1 aromatic carbocycles. The first-order valence-electron chi connectivity index (χ1n) is 6.39. The fourth-order valence-electron chi connectivity index (χ4n) is 1.97. The molecular weight excluding hydrogens is 338 g/mol. The lowest BCUT2D eigenvalue weighted by atomic mass is 10.2. The molecule has 126 valence electrons. The minimum Gasteiger partial charge on any atom is -0.282 e. The summed E-state index contributed by atoms with van der Waals surface area (Å²) in [6.45, 7) is 2.87. The van der Waals surface area contributed by atoms with Crippen LogP contribution in [0.5, 0.6) is 0 Å². The van der Waals surface area contributed by atoms with Crippen LogP contribution in [-0.2, 0) is 17.8 Å². The first-order valence-corrected chi connectivity index (χ1v) is 7.71. The summed E-state index contributed by atoms with van der Waals surface area (Å²) in [5.74, 6) is -2.09. The molecule has 2 aromatic rings. The Morgan fingerprint density at radius 3 is 2.35 bits per heavy atom. The number of halogens is 4. The van der Waals surface area contributed by atoms with Crippen LogP contribution in [0.25, 0.3) is 5.69 Å². The largest absolute Gasteiger partial charge is 0.400 e. The van der Waals surface area contributed by atoms with E-state index in [4.69, 9.17) is 0 Å². The molecule has 23 heavy (non-hydrogen) atoms. The van der Waals surface area contributed by atoms with E-state index in [-0.39, 0.29) is 16.1 Å². The number of alkyl halides is 3. The molecule has 0 fully saturated rings. The van der Waals surface area contributed by atoms with Crippen molar-refractivity contribution in [3.8, 4) is 5.69 Å². The molecule has 2 rings (SSSR count). The van der Waals surface area contributed by atoms with Crippen LogP contribution in [-0.4, -0.2) is 30.5 Å². The molecule has 1 atom stereocenters. The number of nitrogens with zero attached hydrogens (tertiary/aromatic N) is 3. The second kappa shape index (κ2) is 5.91. The van der Waals surface area contributed by atoms with Gasteiger partial charge < -0.3 is 0 Å². The van der Waals surface area contributed by atoms with Crippen molar-refractivity contribution in [1.29, 1.82) is 0 Å². The molecule has 0 saturated heterocycles. The van der Waals surface area contributed by atoms with Crippen molar-refractivity contribution in [2.24, 2.45) is 7.05 Å². The van der Waals surface area contributed by atoms with Crippen molar-refractivity contribution >= 4 is 10.8 Å². The normalized spacial score (nSPS) is 13.3. The molecule has 0 aliphatic rings. The van der Waals surface area contributed by atoms with Gasteiger partial charge in [-0.25, -0.2) is 9.18 Å². The average molecular weight is 351 g/mol. The van der Waals surface area contributed by atoms with Crippen molar-refractivity contribution < 1.29 is 21.8 Å². The van der Waals surface area contributed by atoms with Gasteiger partial charge in [-0.2, -0.15) is 23.0 Å². The topological polar surface area (TPSA) is 56.9 Å². The van der Waals surface area contributed by atoms with E-state index in [1.165, 1.54) is 20.9 Å². The summed E-state index contributed by atoms with van der Waals surface area (Å²) in [5, 5.41) is 3.85. The van der Waals surface area contributed by atoms with Crippen LogP contribution >= 0.6 is 0 Å².